The van der Waals surface area contributed by atoms with Crippen LogP contribution in [0, 0.1) is 11.7 Å². The molecule has 1 aromatic rings. The summed E-state index contributed by atoms with van der Waals surface area (Å²) >= 11 is 0. The van der Waals surface area contributed by atoms with Crippen LogP contribution in [-0.4, -0.2) is 53.8 Å². The fourth-order valence-corrected chi connectivity index (χ4v) is 4.39. The Balaban J connectivity index is 1.48. The van der Waals surface area contributed by atoms with Gasteiger partial charge in [-0.25, -0.2) is 4.39 Å². The van der Waals surface area contributed by atoms with E-state index in [0.717, 1.165) is 58.0 Å². The van der Waals surface area contributed by atoms with Gasteiger partial charge in [0.25, 0.3) is 5.91 Å². The number of carbonyl (C=O) groups excluding carboxylic acids is 2. The number of rotatable bonds is 5. The summed E-state index contributed by atoms with van der Waals surface area (Å²) in [6, 6.07) is 5.59. The van der Waals surface area contributed by atoms with Gasteiger partial charge in [0.1, 0.15) is 5.82 Å². The molecule has 0 bridgehead atoms. The molecular weight excluding hydrogens is 345 g/mol. The minimum atomic E-state index is -0.406. The molecule has 1 aliphatic carbocycles. The Labute approximate surface area is 160 Å². The molecule has 27 heavy (non-hydrogen) atoms. The van der Waals surface area contributed by atoms with E-state index < -0.39 is 11.9 Å². The van der Waals surface area contributed by atoms with Gasteiger partial charge in [0.05, 0.1) is 6.04 Å². The van der Waals surface area contributed by atoms with E-state index in [9.17, 15) is 14.0 Å². The molecular formula is C21H30FN3O2. The number of amides is 2. The maximum absolute atomic E-state index is 13.4. The zero-order chi connectivity index (χ0) is 19.4. The summed E-state index contributed by atoms with van der Waals surface area (Å²) in [5.74, 6) is -0.0121. The molecule has 3 rings (SSSR count). The summed E-state index contributed by atoms with van der Waals surface area (Å²) in [4.78, 5) is 28.6. The SMILES string of the molecule is CN(C(=O)c1cccc(F)c1)C1CCC(C[C@H](N)C(=O)N2CCCC2)CC1. The van der Waals surface area contributed by atoms with Crippen molar-refractivity contribution < 1.29 is 14.0 Å². The first-order valence-corrected chi connectivity index (χ1v) is 10.0. The molecule has 6 heteroatoms. The quantitative estimate of drug-likeness (QED) is 0.861. The lowest BCUT2D eigenvalue weighted by atomic mass is 9.81. The highest BCUT2D eigenvalue weighted by Crippen LogP contribution is 2.31. The number of hydrogen-bond donors (Lipinski definition) is 1. The minimum Gasteiger partial charge on any atom is -0.341 e. The predicted octanol–water partition coefficient (Wildman–Crippen LogP) is 2.80. The van der Waals surface area contributed by atoms with E-state index in [2.05, 4.69) is 0 Å². The number of carbonyl (C=O) groups is 2. The summed E-state index contributed by atoms with van der Waals surface area (Å²) in [7, 11) is 1.79. The van der Waals surface area contributed by atoms with Gasteiger partial charge in [0.2, 0.25) is 5.91 Å². The Morgan fingerprint density at radius 2 is 1.89 bits per heavy atom. The molecule has 2 fully saturated rings. The summed E-state index contributed by atoms with van der Waals surface area (Å²) in [5, 5.41) is 0. The number of halogens is 1. The highest BCUT2D eigenvalue weighted by atomic mass is 19.1. The molecule has 5 nitrogen and oxygen atoms in total. The second-order valence-electron chi connectivity index (χ2n) is 7.98. The van der Waals surface area contributed by atoms with Crippen LogP contribution >= 0.6 is 0 Å². The minimum absolute atomic E-state index is 0.0908. The standard InChI is InChI=1S/C21H30FN3O2/c1-24(20(26)16-5-4-6-17(22)14-16)18-9-7-15(8-10-18)13-19(23)21(27)25-11-2-3-12-25/h4-6,14-15,18-19H,2-3,7-13,23H2,1H3/t15?,18?,19-/m0/s1. The summed E-state index contributed by atoms with van der Waals surface area (Å²) in [5.41, 5.74) is 6.56. The van der Waals surface area contributed by atoms with Crippen molar-refractivity contribution in [3.8, 4) is 0 Å². The van der Waals surface area contributed by atoms with Crippen molar-refractivity contribution in [1.82, 2.24) is 9.80 Å². The number of nitrogens with zero attached hydrogens (tertiary/aromatic N) is 2. The maximum Gasteiger partial charge on any atom is 0.253 e. The Morgan fingerprint density at radius 1 is 1.22 bits per heavy atom. The fourth-order valence-electron chi connectivity index (χ4n) is 4.39. The summed E-state index contributed by atoms with van der Waals surface area (Å²) in [6.45, 7) is 1.68. The van der Waals surface area contributed by atoms with Crippen LogP contribution in [0.2, 0.25) is 0 Å². The molecule has 0 radical (unpaired) electrons. The molecule has 1 atom stereocenters. The third-order valence-electron chi connectivity index (χ3n) is 6.08. The first-order chi connectivity index (χ1) is 13.0. The lowest BCUT2D eigenvalue weighted by molar-refractivity contribution is -0.132. The van der Waals surface area contributed by atoms with Crippen LogP contribution < -0.4 is 5.73 Å². The molecule has 148 valence electrons. The van der Waals surface area contributed by atoms with Crippen molar-refractivity contribution in [2.24, 2.45) is 11.7 Å². The molecule has 2 N–H and O–H groups in total. The van der Waals surface area contributed by atoms with Crippen LogP contribution in [0.4, 0.5) is 4.39 Å². The van der Waals surface area contributed by atoms with E-state index in [0.29, 0.717) is 11.5 Å². The van der Waals surface area contributed by atoms with Gasteiger partial charge in [-0.05, 0) is 69.1 Å². The Bertz CT molecular complexity index is 667. The molecule has 0 aromatic heterocycles. The third-order valence-corrected chi connectivity index (χ3v) is 6.08. The van der Waals surface area contributed by atoms with Crippen molar-refractivity contribution in [2.75, 3.05) is 20.1 Å². The molecule has 2 aliphatic rings. The van der Waals surface area contributed by atoms with E-state index >= 15 is 0 Å². The van der Waals surface area contributed by atoms with Gasteiger partial charge in [-0.15, -0.1) is 0 Å². The average Bonchev–Trinajstić information content (AvgIpc) is 3.21. The van der Waals surface area contributed by atoms with Crippen LogP contribution in [0.5, 0.6) is 0 Å². The zero-order valence-corrected chi connectivity index (χ0v) is 16.1. The monoisotopic (exact) mass is 375 g/mol. The van der Waals surface area contributed by atoms with E-state index in [-0.39, 0.29) is 17.9 Å². The topological polar surface area (TPSA) is 66.6 Å². The molecule has 0 spiro atoms. The van der Waals surface area contributed by atoms with Crippen LogP contribution in [0.15, 0.2) is 24.3 Å². The van der Waals surface area contributed by atoms with Crippen LogP contribution in [0.1, 0.15) is 55.3 Å². The van der Waals surface area contributed by atoms with Gasteiger partial charge >= 0.3 is 0 Å². The highest BCUT2D eigenvalue weighted by molar-refractivity contribution is 5.94. The van der Waals surface area contributed by atoms with E-state index in [1.165, 1.54) is 12.1 Å². The van der Waals surface area contributed by atoms with Gasteiger partial charge < -0.3 is 15.5 Å². The number of hydrogen-bond acceptors (Lipinski definition) is 3. The molecule has 1 aromatic carbocycles. The largest absolute Gasteiger partial charge is 0.341 e. The van der Waals surface area contributed by atoms with Crippen LogP contribution in [0.25, 0.3) is 0 Å². The molecule has 2 amide bonds. The molecule has 0 unspecified atom stereocenters. The first kappa shape index (κ1) is 19.8. The van der Waals surface area contributed by atoms with Crippen LogP contribution in [0.3, 0.4) is 0 Å². The predicted molar refractivity (Wildman–Crippen MR) is 103 cm³/mol. The summed E-state index contributed by atoms with van der Waals surface area (Å²) < 4.78 is 13.4. The number of nitrogens with two attached hydrogens (primary N) is 1. The zero-order valence-electron chi connectivity index (χ0n) is 16.1. The smallest absolute Gasteiger partial charge is 0.253 e. The van der Waals surface area contributed by atoms with Gasteiger partial charge in [-0.3, -0.25) is 9.59 Å². The van der Waals surface area contributed by atoms with Gasteiger partial charge in [-0.2, -0.15) is 0 Å². The number of likely N-dealkylation sites (tertiary alicyclic amines) is 1. The van der Waals surface area contributed by atoms with Crippen molar-refractivity contribution in [1.29, 1.82) is 0 Å². The fraction of sp³-hybridized carbons (Fsp3) is 0.619. The van der Waals surface area contributed by atoms with Crippen LogP contribution in [-0.2, 0) is 4.79 Å². The molecule has 1 saturated heterocycles. The Kier molecular flexibility index (Phi) is 6.47. The molecule has 1 saturated carbocycles. The van der Waals surface area contributed by atoms with E-state index in [1.54, 1.807) is 24.1 Å². The second-order valence-corrected chi connectivity index (χ2v) is 7.98. The summed E-state index contributed by atoms with van der Waals surface area (Å²) in [6.07, 6.45) is 6.60. The Hall–Kier alpha value is -1.95. The first-order valence-electron chi connectivity index (χ1n) is 10.0. The van der Waals surface area contributed by atoms with Gasteiger partial charge in [-0.1, -0.05) is 6.07 Å². The van der Waals surface area contributed by atoms with Crippen molar-refractivity contribution in [3.05, 3.63) is 35.6 Å². The van der Waals surface area contributed by atoms with Gasteiger partial charge in [0.15, 0.2) is 0 Å². The average molecular weight is 375 g/mol. The van der Waals surface area contributed by atoms with Gasteiger partial charge in [0, 0.05) is 31.7 Å². The lowest BCUT2D eigenvalue weighted by Crippen LogP contribution is -2.44. The molecule has 1 aliphatic heterocycles. The van der Waals surface area contributed by atoms with Crippen molar-refractivity contribution >= 4 is 11.8 Å². The normalized spacial score (nSPS) is 23.9. The molecule has 1 heterocycles. The maximum atomic E-state index is 13.4. The van der Waals surface area contributed by atoms with Crippen molar-refractivity contribution in [3.63, 3.8) is 0 Å². The Morgan fingerprint density at radius 3 is 2.52 bits per heavy atom. The lowest BCUT2D eigenvalue weighted by Gasteiger charge is -2.35. The van der Waals surface area contributed by atoms with Crippen molar-refractivity contribution in [2.45, 2.75) is 57.0 Å². The number of benzene rings is 1. The highest BCUT2D eigenvalue weighted by Gasteiger charge is 2.30. The third kappa shape index (κ3) is 4.86. The second kappa shape index (κ2) is 8.83. The van der Waals surface area contributed by atoms with E-state index in [1.807, 2.05) is 4.90 Å². The van der Waals surface area contributed by atoms with E-state index in [4.69, 9.17) is 5.73 Å².